The van der Waals surface area contributed by atoms with Crippen LogP contribution in [0.15, 0.2) is 42.6 Å². The maximum absolute atomic E-state index is 13.3. The summed E-state index contributed by atoms with van der Waals surface area (Å²) in [6.07, 6.45) is 9.08. The molecule has 1 amide bonds. The van der Waals surface area contributed by atoms with Gasteiger partial charge in [-0.05, 0) is 38.3 Å². The highest BCUT2D eigenvalue weighted by Crippen LogP contribution is 2.26. The molecular formula is C23H27N3O. The van der Waals surface area contributed by atoms with Crippen LogP contribution in [0.5, 0.6) is 0 Å². The molecule has 1 aliphatic rings. The fourth-order valence-electron chi connectivity index (χ4n) is 3.96. The topological polar surface area (TPSA) is 46.4 Å². The normalized spacial score (nSPS) is 15.6. The molecule has 4 heteroatoms. The van der Waals surface area contributed by atoms with E-state index in [9.17, 15) is 4.79 Å². The molecule has 1 aliphatic carbocycles. The van der Waals surface area contributed by atoms with E-state index in [1.807, 2.05) is 41.8 Å². The molecule has 3 aromatic rings. The molecule has 4 nitrogen and oxygen atoms in total. The quantitative estimate of drug-likeness (QED) is 0.662. The molecule has 1 N–H and O–H groups in total. The third-order valence-electron chi connectivity index (χ3n) is 5.50. The van der Waals surface area contributed by atoms with Crippen LogP contribution in [0, 0.1) is 13.8 Å². The first-order valence-corrected chi connectivity index (χ1v) is 9.98. The zero-order valence-corrected chi connectivity index (χ0v) is 16.2. The summed E-state index contributed by atoms with van der Waals surface area (Å²) >= 11 is 0. The van der Waals surface area contributed by atoms with Crippen LogP contribution in [0.1, 0.15) is 60.1 Å². The maximum Gasteiger partial charge on any atom is 0.270 e. The number of nitrogens with zero attached hydrogens (tertiary/aromatic N) is 2. The average molecular weight is 361 g/mol. The molecular weight excluding hydrogens is 334 g/mol. The number of hydrogen-bond acceptors (Lipinski definition) is 2. The Morgan fingerprint density at radius 1 is 0.963 bits per heavy atom. The number of aromatic nitrogens is 2. The van der Waals surface area contributed by atoms with E-state index in [1.165, 1.54) is 31.2 Å². The van der Waals surface area contributed by atoms with Crippen LogP contribution in [0.3, 0.4) is 0 Å². The van der Waals surface area contributed by atoms with Crippen molar-refractivity contribution >= 4 is 11.6 Å². The van der Waals surface area contributed by atoms with Crippen LogP contribution in [0.2, 0.25) is 0 Å². The number of aryl methyl sites for hydroxylation is 2. The lowest BCUT2D eigenvalue weighted by Crippen LogP contribution is -2.35. The zero-order valence-electron chi connectivity index (χ0n) is 16.2. The van der Waals surface area contributed by atoms with E-state index < -0.39 is 0 Å². The van der Waals surface area contributed by atoms with Gasteiger partial charge in [-0.3, -0.25) is 9.20 Å². The van der Waals surface area contributed by atoms with Crippen molar-refractivity contribution in [2.24, 2.45) is 0 Å². The van der Waals surface area contributed by atoms with Crippen molar-refractivity contribution in [3.05, 3.63) is 59.4 Å². The predicted octanol–water partition coefficient (Wildman–Crippen LogP) is 5.07. The average Bonchev–Trinajstić information content (AvgIpc) is 2.83. The van der Waals surface area contributed by atoms with Gasteiger partial charge >= 0.3 is 0 Å². The number of fused-ring (bicyclic) bond motifs is 1. The fourth-order valence-corrected chi connectivity index (χ4v) is 3.96. The lowest BCUT2D eigenvalue weighted by molar-refractivity contribution is 0.0928. The number of nitrogens with one attached hydrogen (secondary N) is 1. The lowest BCUT2D eigenvalue weighted by atomic mass is 10.1. The van der Waals surface area contributed by atoms with E-state index in [1.54, 1.807) is 0 Å². The molecule has 1 saturated carbocycles. The Morgan fingerprint density at radius 3 is 2.33 bits per heavy atom. The summed E-state index contributed by atoms with van der Waals surface area (Å²) in [6.45, 7) is 4.11. The Morgan fingerprint density at radius 2 is 1.63 bits per heavy atom. The highest BCUT2D eigenvalue weighted by Gasteiger charge is 2.23. The molecule has 0 radical (unpaired) electrons. The molecule has 0 unspecified atom stereocenters. The number of benzene rings is 1. The van der Waals surface area contributed by atoms with Gasteiger partial charge in [0.1, 0.15) is 17.0 Å². The summed E-state index contributed by atoms with van der Waals surface area (Å²) in [5.41, 5.74) is 5.49. The van der Waals surface area contributed by atoms with Crippen molar-refractivity contribution in [3.63, 3.8) is 0 Å². The molecule has 0 atom stereocenters. The molecule has 1 fully saturated rings. The number of rotatable bonds is 3. The van der Waals surface area contributed by atoms with Gasteiger partial charge in [0.05, 0.1) is 0 Å². The van der Waals surface area contributed by atoms with Gasteiger partial charge in [-0.15, -0.1) is 0 Å². The molecule has 0 bridgehead atoms. The van der Waals surface area contributed by atoms with Gasteiger partial charge < -0.3 is 5.32 Å². The van der Waals surface area contributed by atoms with Gasteiger partial charge in [0.25, 0.3) is 5.91 Å². The van der Waals surface area contributed by atoms with Crippen molar-refractivity contribution in [2.45, 2.75) is 58.4 Å². The van der Waals surface area contributed by atoms with Crippen LogP contribution in [-0.2, 0) is 0 Å². The highest BCUT2D eigenvalue weighted by molar-refractivity contribution is 5.99. The van der Waals surface area contributed by atoms with Crippen molar-refractivity contribution in [1.82, 2.24) is 14.7 Å². The van der Waals surface area contributed by atoms with Crippen LogP contribution in [0.4, 0.5) is 0 Å². The summed E-state index contributed by atoms with van der Waals surface area (Å²) < 4.78 is 1.94. The number of pyridine rings is 1. The summed E-state index contributed by atoms with van der Waals surface area (Å²) in [4.78, 5) is 18.1. The maximum atomic E-state index is 13.3. The number of imidazole rings is 1. The highest BCUT2D eigenvalue weighted by atomic mass is 16.2. The monoisotopic (exact) mass is 361 g/mol. The number of hydrogen-bond donors (Lipinski definition) is 1. The van der Waals surface area contributed by atoms with Gasteiger partial charge in [0, 0.05) is 17.8 Å². The minimum Gasteiger partial charge on any atom is -0.348 e. The first kappa shape index (κ1) is 17.8. The molecule has 0 saturated heterocycles. The van der Waals surface area contributed by atoms with Crippen molar-refractivity contribution < 1.29 is 4.79 Å². The van der Waals surface area contributed by atoms with Crippen LogP contribution in [-0.4, -0.2) is 21.3 Å². The third kappa shape index (κ3) is 3.75. The van der Waals surface area contributed by atoms with Gasteiger partial charge in [-0.1, -0.05) is 61.6 Å². The molecule has 4 rings (SSSR count). The lowest BCUT2D eigenvalue weighted by Gasteiger charge is -2.16. The molecule has 0 spiro atoms. The standard InChI is InChI=1S/C23H27N3O/c1-16-9-12-18(13-10-16)21-22(26-15-17(2)11-14-20(26)25-21)23(27)24-19-7-5-3-4-6-8-19/h9-15,19H,3-8H2,1-2H3,(H,24,27). The fraction of sp³-hybridized carbons (Fsp3) is 0.391. The minimum atomic E-state index is -0.0180. The second kappa shape index (κ2) is 7.55. The summed E-state index contributed by atoms with van der Waals surface area (Å²) in [6, 6.07) is 12.5. The van der Waals surface area contributed by atoms with Gasteiger partial charge in [0.2, 0.25) is 0 Å². The van der Waals surface area contributed by atoms with E-state index >= 15 is 0 Å². The first-order chi connectivity index (χ1) is 13.1. The van der Waals surface area contributed by atoms with E-state index in [4.69, 9.17) is 4.98 Å². The minimum absolute atomic E-state index is 0.0180. The molecule has 1 aromatic carbocycles. The molecule has 27 heavy (non-hydrogen) atoms. The summed E-state index contributed by atoms with van der Waals surface area (Å²) in [5, 5.41) is 3.29. The van der Waals surface area contributed by atoms with Crippen LogP contribution in [0.25, 0.3) is 16.9 Å². The number of amides is 1. The van der Waals surface area contributed by atoms with Crippen molar-refractivity contribution in [1.29, 1.82) is 0 Å². The summed E-state index contributed by atoms with van der Waals surface area (Å²) in [7, 11) is 0. The predicted molar refractivity (Wildman–Crippen MR) is 109 cm³/mol. The van der Waals surface area contributed by atoms with Crippen molar-refractivity contribution in [2.75, 3.05) is 0 Å². The number of carbonyl (C=O) groups is 1. The van der Waals surface area contributed by atoms with E-state index in [0.717, 1.165) is 35.3 Å². The Balaban J connectivity index is 1.76. The molecule has 2 heterocycles. The zero-order chi connectivity index (χ0) is 18.8. The summed E-state index contributed by atoms with van der Waals surface area (Å²) in [5.74, 6) is -0.0180. The Bertz CT molecular complexity index is 948. The van der Waals surface area contributed by atoms with Gasteiger partial charge in [0.15, 0.2) is 0 Å². The van der Waals surface area contributed by atoms with E-state index in [-0.39, 0.29) is 11.9 Å². The van der Waals surface area contributed by atoms with Crippen molar-refractivity contribution in [3.8, 4) is 11.3 Å². The smallest absolute Gasteiger partial charge is 0.270 e. The Hall–Kier alpha value is -2.62. The van der Waals surface area contributed by atoms with E-state index in [2.05, 4.69) is 24.4 Å². The largest absolute Gasteiger partial charge is 0.348 e. The van der Waals surface area contributed by atoms with Gasteiger partial charge in [-0.2, -0.15) is 0 Å². The van der Waals surface area contributed by atoms with Crippen LogP contribution >= 0.6 is 0 Å². The molecule has 0 aliphatic heterocycles. The van der Waals surface area contributed by atoms with Crippen LogP contribution < -0.4 is 5.32 Å². The second-order valence-corrected chi connectivity index (χ2v) is 7.77. The molecule has 2 aromatic heterocycles. The number of carbonyl (C=O) groups excluding carboxylic acids is 1. The van der Waals surface area contributed by atoms with E-state index in [0.29, 0.717) is 5.69 Å². The SMILES string of the molecule is Cc1ccc(-c2nc3ccc(C)cn3c2C(=O)NC2CCCCCC2)cc1. The Labute approximate surface area is 160 Å². The molecule has 140 valence electrons. The third-order valence-corrected chi connectivity index (χ3v) is 5.50. The first-order valence-electron chi connectivity index (χ1n) is 9.98. The second-order valence-electron chi connectivity index (χ2n) is 7.77. The Kier molecular flexibility index (Phi) is 4.97. The van der Waals surface area contributed by atoms with Gasteiger partial charge in [-0.25, -0.2) is 4.98 Å².